The molecule has 0 bridgehead atoms. The molecule has 2 N–H and O–H groups in total. The van der Waals surface area contributed by atoms with E-state index in [0.29, 0.717) is 12.2 Å². The summed E-state index contributed by atoms with van der Waals surface area (Å²) in [5, 5.41) is 9.70. The Kier molecular flexibility index (Phi) is 7.77. The average molecular weight is 355 g/mol. The van der Waals surface area contributed by atoms with Crippen molar-refractivity contribution in [3.63, 3.8) is 0 Å². The van der Waals surface area contributed by atoms with Crippen molar-refractivity contribution >= 4 is 45.2 Å². The number of thioether (sulfide) groups is 1. The average Bonchev–Trinajstić information content (AvgIpc) is 2.50. The summed E-state index contributed by atoms with van der Waals surface area (Å²) in [7, 11) is 0. The van der Waals surface area contributed by atoms with Crippen LogP contribution in [0.5, 0.6) is 0 Å². The van der Waals surface area contributed by atoms with Crippen LogP contribution in [0, 0.1) is 5.41 Å². The Morgan fingerprint density at radius 1 is 1.57 bits per heavy atom. The van der Waals surface area contributed by atoms with Gasteiger partial charge in [0.2, 0.25) is 5.91 Å². The van der Waals surface area contributed by atoms with Gasteiger partial charge in [-0.25, -0.2) is 0 Å². The van der Waals surface area contributed by atoms with Crippen molar-refractivity contribution in [1.29, 1.82) is 5.41 Å². The molecule has 0 fully saturated rings. The monoisotopic (exact) mass is 354 g/mol. The maximum absolute atomic E-state index is 12.5. The summed E-state index contributed by atoms with van der Waals surface area (Å²) in [6, 6.07) is 3.56. The van der Waals surface area contributed by atoms with E-state index in [9.17, 15) is 9.59 Å². The quantitative estimate of drug-likeness (QED) is 0.735. The lowest BCUT2D eigenvalue weighted by Gasteiger charge is -2.25. The Balaban J connectivity index is 2.98. The van der Waals surface area contributed by atoms with E-state index in [0.717, 1.165) is 11.8 Å². The number of hydrogen-bond donors (Lipinski definition) is 2. The Labute approximate surface area is 144 Å². The van der Waals surface area contributed by atoms with Crippen LogP contribution in [-0.2, 0) is 9.59 Å². The molecule has 6 nitrogen and oxygen atoms in total. The van der Waals surface area contributed by atoms with E-state index < -0.39 is 5.25 Å². The molecule has 0 aliphatic carbocycles. The molecule has 23 heavy (non-hydrogen) atoms. The fourth-order valence-electron chi connectivity index (χ4n) is 1.82. The van der Waals surface area contributed by atoms with Crippen LogP contribution in [0.15, 0.2) is 36.4 Å². The van der Waals surface area contributed by atoms with Gasteiger partial charge in [-0.05, 0) is 26.0 Å². The van der Waals surface area contributed by atoms with Crippen LogP contribution >= 0.6 is 23.4 Å². The smallest absolute Gasteiger partial charge is 0.240 e. The zero-order valence-corrected chi connectivity index (χ0v) is 14.7. The summed E-state index contributed by atoms with van der Waals surface area (Å²) < 4.78 is 0. The van der Waals surface area contributed by atoms with Gasteiger partial charge in [-0.3, -0.25) is 20.0 Å². The van der Waals surface area contributed by atoms with Crippen LogP contribution in [0.1, 0.15) is 20.8 Å². The van der Waals surface area contributed by atoms with Gasteiger partial charge >= 0.3 is 0 Å². The normalized spacial score (nSPS) is 12.4. The Morgan fingerprint density at radius 3 is 2.74 bits per heavy atom. The predicted octanol–water partition coefficient (Wildman–Crippen LogP) is 3.07. The van der Waals surface area contributed by atoms with Gasteiger partial charge < -0.3 is 10.2 Å². The highest BCUT2D eigenvalue weighted by Crippen LogP contribution is 2.19. The number of pyridine rings is 1. The summed E-state index contributed by atoms with van der Waals surface area (Å²) in [4.78, 5) is 29.0. The van der Waals surface area contributed by atoms with Gasteiger partial charge in [0.15, 0.2) is 5.12 Å². The predicted molar refractivity (Wildman–Crippen MR) is 94.6 cm³/mol. The van der Waals surface area contributed by atoms with Gasteiger partial charge in [0.25, 0.3) is 0 Å². The van der Waals surface area contributed by atoms with E-state index in [-0.39, 0.29) is 21.9 Å². The van der Waals surface area contributed by atoms with Gasteiger partial charge in [0.05, 0.1) is 22.8 Å². The van der Waals surface area contributed by atoms with E-state index in [1.54, 1.807) is 38.4 Å². The first-order valence-electron chi connectivity index (χ1n) is 6.96. The molecule has 0 saturated heterocycles. The van der Waals surface area contributed by atoms with Crippen LogP contribution in [0.2, 0.25) is 0 Å². The molecule has 1 heterocycles. The molecule has 1 rings (SSSR count). The van der Waals surface area contributed by atoms with Crippen molar-refractivity contribution in [1.82, 2.24) is 9.88 Å². The highest BCUT2D eigenvalue weighted by atomic mass is 35.5. The number of anilines is 1. The van der Waals surface area contributed by atoms with Crippen LogP contribution < -0.4 is 5.32 Å². The molecule has 1 aromatic heterocycles. The molecule has 0 aliphatic heterocycles. The van der Waals surface area contributed by atoms with Crippen molar-refractivity contribution in [2.75, 3.05) is 11.9 Å². The molecular formula is C15H19ClN4O2S. The molecule has 0 aliphatic rings. The summed E-state index contributed by atoms with van der Waals surface area (Å²) in [6.07, 6.45) is 4.74. The maximum Gasteiger partial charge on any atom is 0.240 e. The molecule has 1 aromatic rings. The number of aromatic nitrogens is 1. The van der Waals surface area contributed by atoms with Crippen molar-refractivity contribution in [3.8, 4) is 0 Å². The topological polar surface area (TPSA) is 86.2 Å². The summed E-state index contributed by atoms with van der Waals surface area (Å²) in [6.45, 7) is 5.17. The lowest BCUT2D eigenvalue weighted by Crippen LogP contribution is -2.38. The summed E-state index contributed by atoms with van der Waals surface area (Å²) in [5.74, 6) is -0.280. The fourth-order valence-corrected chi connectivity index (χ4v) is 2.71. The van der Waals surface area contributed by atoms with E-state index >= 15 is 0 Å². The number of hydrogen-bond acceptors (Lipinski definition) is 6. The minimum Gasteiger partial charge on any atom is -0.358 e. The molecule has 0 spiro atoms. The van der Waals surface area contributed by atoms with Gasteiger partial charge in [0.1, 0.15) is 5.17 Å². The third-order valence-corrected chi connectivity index (χ3v) is 3.91. The molecule has 8 heteroatoms. The van der Waals surface area contributed by atoms with Gasteiger partial charge in [-0.1, -0.05) is 23.4 Å². The number of rotatable bonds is 7. The number of nitrogens with one attached hydrogen (secondary N) is 2. The highest BCUT2D eigenvalue weighted by molar-refractivity contribution is 8.14. The zero-order chi connectivity index (χ0) is 17.4. The Hall–Kier alpha value is -1.86. The first kappa shape index (κ1) is 19.2. The second-order valence-electron chi connectivity index (χ2n) is 4.56. The second-order valence-corrected chi connectivity index (χ2v) is 6.46. The minimum absolute atomic E-state index is 0.137. The first-order valence-corrected chi connectivity index (χ1v) is 8.22. The Bertz CT molecular complexity index is 607. The van der Waals surface area contributed by atoms with Crippen LogP contribution in [0.4, 0.5) is 5.69 Å². The van der Waals surface area contributed by atoms with Crippen LogP contribution in [0.25, 0.3) is 0 Å². The van der Waals surface area contributed by atoms with Crippen LogP contribution in [0.3, 0.4) is 0 Å². The van der Waals surface area contributed by atoms with Gasteiger partial charge in [0, 0.05) is 25.9 Å². The fraction of sp³-hybridized carbons (Fsp3) is 0.333. The molecule has 124 valence electrons. The molecule has 0 aromatic carbocycles. The van der Waals surface area contributed by atoms with Gasteiger partial charge in [-0.2, -0.15) is 0 Å². The number of nitrogens with zero attached hydrogens (tertiary/aromatic N) is 2. The lowest BCUT2D eigenvalue weighted by atomic mass is 10.3. The van der Waals surface area contributed by atoms with Crippen molar-refractivity contribution < 1.29 is 9.59 Å². The van der Waals surface area contributed by atoms with Crippen molar-refractivity contribution in [3.05, 3.63) is 36.4 Å². The van der Waals surface area contributed by atoms with Crippen molar-refractivity contribution in [2.45, 2.75) is 26.0 Å². The number of carbonyl (C=O) groups is 2. The summed E-state index contributed by atoms with van der Waals surface area (Å²) in [5.41, 5.74) is 0.941. The zero-order valence-electron chi connectivity index (χ0n) is 13.2. The second kappa shape index (κ2) is 9.32. The molecule has 0 saturated carbocycles. The number of amides is 1. The minimum atomic E-state index is -0.551. The Morgan fingerprint density at radius 2 is 2.26 bits per heavy atom. The van der Waals surface area contributed by atoms with E-state index in [1.807, 2.05) is 0 Å². The molecule has 1 amide bonds. The highest BCUT2D eigenvalue weighted by Gasteiger charge is 2.25. The van der Waals surface area contributed by atoms with E-state index in [4.69, 9.17) is 17.0 Å². The van der Waals surface area contributed by atoms with E-state index in [2.05, 4.69) is 10.3 Å². The largest absolute Gasteiger partial charge is 0.358 e. The SMILES string of the molecule is CCN(C(=O)C(C)SC(C)=O)/C(=C/Nc1cccnc1)C(=N)Cl. The third kappa shape index (κ3) is 6.03. The number of carbonyl (C=O) groups excluding carboxylic acids is 2. The standard InChI is InChI=1S/C15H19ClN4O2S/c1-4-20(15(22)10(2)23-11(3)21)13(14(16)17)9-19-12-6-5-7-18-8-12/h5-10,17,19H,4H2,1-3H3/b13-9+,17-14?. The van der Waals surface area contributed by atoms with Crippen molar-refractivity contribution in [2.24, 2.45) is 0 Å². The molecule has 1 atom stereocenters. The number of allylic oxidation sites excluding steroid dienone is 1. The third-order valence-electron chi connectivity index (χ3n) is 2.83. The molecule has 0 radical (unpaired) electrons. The van der Waals surface area contributed by atoms with E-state index in [1.165, 1.54) is 18.0 Å². The number of halogens is 1. The maximum atomic E-state index is 12.5. The van der Waals surface area contributed by atoms with Gasteiger partial charge in [-0.15, -0.1) is 0 Å². The van der Waals surface area contributed by atoms with Crippen LogP contribution in [-0.4, -0.2) is 37.9 Å². The summed E-state index contributed by atoms with van der Waals surface area (Å²) >= 11 is 6.78. The lowest BCUT2D eigenvalue weighted by molar-refractivity contribution is -0.128. The first-order chi connectivity index (χ1) is 10.9. The molecular weight excluding hydrogens is 336 g/mol. The molecule has 1 unspecified atom stereocenters.